The molecule has 0 unspecified atom stereocenters. The van der Waals surface area contributed by atoms with Crippen LogP contribution in [0.4, 0.5) is 0 Å². The first-order valence-electron chi connectivity index (χ1n) is 4.21. The number of allylic oxidation sites excluding steroid dienone is 6. The summed E-state index contributed by atoms with van der Waals surface area (Å²) in [5.41, 5.74) is 2.37. The van der Waals surface area contributed by atoms with Crippen LogP contribution >= 0.6 is 0 Å². The molecule has 0 fully saturated rings. The van der Waals surface area contributed by atoms with Gasteiger partial charge < -0.3 is 5.11 Å². The normalized spacial score (nSPS) is 21.2. The predicted octanol–water partition coefficient (Wildman–Crippen LogP) is 3.36. The third kappa shape index (κ3) is 1.79. The molecule has 0 saturated carbocycles. The molecule has 1 heteroatoms. The van der Waals surface area contributed by atoms with Crippen molar-refractivity contribution in [1.82, 2.24) is 0 Å². The summed E-state index contributed by atoms with van der Waals surface area (Å²) in [6, 6.07) is 0. The Morgan fingerprint density at radius 3 is 2.08 bits per heavy atom. The molecule has 0 heterocycles. The standard InChI is InChI=1S/C11H16O/c1-8(12)9-5-6-10(7-9)11(2,3)4/h5-7,12H,1-4H3. The molecule has 0 radical (unpaired) electrons. The lowest BCUT2D eigenvalue weighted by Gasteiger charge is -2.17. The molecular weight excluding hydrogens is 148 g/mol. The fourth-order valence-electron chi connectivity index (χ4n) is 1.13. The van der Waals surface area contributed by atoms with Crippen LogP contribution in [-0.4, -0.2) is 5.11 Å². The summed E-state index contributed by atoms with van der Waals surface area (Å²) >= 11 is 0. The van der Waals surface area contributed by atoms with Crippen LogP contribution in [0.5, 0.6) is 0 Å². The maximum absolute atomic E-state index is 9.22. The topological polar surface area (TPSA) is 20.2 Å². The highest BCUT2D eigenvalue weighted by Gasteiger charge is 2.17. The van der Waals surface area contributed by atoms with Crippen LogP contribution in [0.15, 0.2) is 35.1 Å². The second kappa shape index (κ2) is 2.81. The maximum Gasteiger partial charge on any atom is 0.0963 e. The molecule has 1 aliphatic carbocycles. The van der Waals surface area contributed by atoms with Crippen molar-refractivity contribution >= 4 is 0 Å². The Kier molecular flexibility index (Phi) is 2.14. The summed E-state index contributed by atoms with van der Waals surface area (Å²) in [7, 11) is 0. The number of aliphatic hydroxyl groups excluding tert-OH is 1. The minimum atomic E-state index is 0.174. The summed E-state index contributed by atoms with van der Waals surface area (Å²) in [5, 5.41) is 9.22. The molecule has 0 aliphatic heterocycles. The minimum absolute atomic E-state index is 0.174. The van der Waals surface area contributed by atoms with E-state index in [9.17, 15) is 5.11 Å². The Morgan fingerprint density at radius 1 is 1.25 bits per heavy atom. The van der Waals surface area contributed by atoms with Crippen LogP contribution in [0.3, 0.4) is 0 Å². The van der Waals surface area contributed by atoms with E-state index in [-0.39, 0.29) is 5.41 Å². The zero-order valence-electron chi connectivity index (χ0n) is 8.18. The highest BCUT2D eigenvalue weighted by Crippen LogP contribution is 2.31. The van der Waals surface area contributed by atoms with E-state index in [4.69, 9.17) is 0 Å². The van der Waals surface area contributed by atoms with Crippen molar-refractivity contribution in [2.75, 3.05) is 0 Å². The number of rotatable bonds is 0. The van der Waals surface area contributed by atoms with Crippen LogP contribution in [-0.2, 0) is 0 Å². The SMILES string of the molecule is CC(O)=C1C=CC(C(C)(C)C)=C1. The summed E-state index contributed by atoms with van der Waals surface area (Å²) < 4.78 is 0. The Balaban J connectivity index is 2.97. The molecule has 0 bridgehead atoms. The highest BCUT2D eigenvalue weighted by atomic mass is 16.3. The summed E-state index contributed by atoms with van der Waals surface area (Å²) in [5.74, 6) is 0.394. The van der Waals surface area contributed by atoms with E-state index < -0.39 is 0 Å². The monoisotopic (exact) mass is 164 g/mol. The first-order chi connectivity index (χ1) is 5.41. The fraction of sp³-hybridized carbons (Fsp3) is 0.455. The zero-order valence-corrected chi connectivity index (χ0v) is 8.18. The second-order valence-electron chi connectivity index (χ2n) is 4.22. The number of hydrogen-bond donors (Lipinski definition) is 1. The molecule has 0 amide bonds. The van der Waals surface area contributed by atoms with E-state index in [1.807, 2.05) is 12.2 Å². The Labute approximate surface area is 74.1 Å². The quantitative estimate of drug-likeness (QED) is 0.544. The van der Waals surface area contributed by atoms with Crippen LogP contribution in [0.1, 0.15) is 27.7 Å². The fourth-order valence-corrected chi connectivity index (χ4v) is 1.13. The average Bonchev–Trinajstić information content (AvgIpc) is 2.30. The van der Waals surface area contributed by atoms with Crippen LogP contribution < -0.4 is 0 Å². The van der Waals surface area contributed by atoms with Crippen molar-refractivity contribution in [3.63, 3.8) is 0 Å². The van der Waals surface area contributed by atoms with Gasteiger partial charge in [0.1, 0.15) is 0 Å². The molecule has 1 N–H and O–H groups in total. The second-order valence-corrected chi connectivity index (χ2v) is 4.22. The minimum Gasteiger partial charge on any atom is -0.512 e. The first kappa shape index (κ1) is 9.11. The lowest BCUT2D eigenvalue weighted by Crippen LogP contribution is -2.05. The van der Waals surface area contributed by atoms with Crippen molar-refractivity contribution in [2.45, 2.75) is 27.7 Å². The van der Waals surface area contributed by atoms with Gasteiger partial charge in [0, 0.05) is 5.57 Å². The van der Waals surface area contributed by atoms with Crippen LogP contribution in [0, 0.1) is 5.41 Å². The Morgan fingerprint density at radius 2 is 1.83 bits per heavy atom. The van der Waals surface area contributed by atoms with Gasteiger partial charge in [-0.25, -0.2) is 0 Å². The maximum atomic E-state index is 9.22. The van der Waals surface area contributed by atoms with Gasteiger partial charge >= 0.3 is 0 Å². The molecule has 1 nitrogen and oxygen atoms in total. The van der Waals surface area contributed by atoms with E-state index in [0.29, 0.717) is 5.76 Å². The molecule has 0 atom stereocenters. The first-order valence-corrected chi connectivity index (χ1v) is 4.21. The molecule has 0 aromatic heterocycles. The molecule has 0 saturated heterocycles. The van der Waals surface area contributed by atoms with Crippen LogP contribution in [0.2, 0.25) is 0 Å². The van der Waals surface area contributed by atoms with Gasteiger partial charge in [-0.15, -0.1) is 0 Å². The van der Waals surface area contributed by atoms with Gasteiger partial charge in [0.25, 0.3) is 0 Å². The van der Waals surface area contributed by atoms with E-state index in [0.717, 1.165) is 5.57 Å². The van der Waals surface area contributed by atoms with Crippen molar-refractivity contribution in [3.05, 3.63) is 35.1 Å². The molecule has 1 rings (SSSR count). The summed E-state index contributed by atoms with van der Waals surface area (Å²) in [4.78, 5) is 0. The van der Waals surface area contributed by atoms with Crippen molar-refractivity contribution in [2.24, 2.45) is 5.41 Å². The van der Waals surface area contributed by atoms with Gasteiger partial charge in [0.15, 0.2) is 0 Å². The van der Waals surface area contributed by atoms with Crippen molar-refractivity contribution in [1.29, 1.82) is 0 Å². The van der Waals surface area contributed by atoms with Crippen molar-refractivity contribution < 1.29 is 5.11 Å². The summed E-state index contributed by atoms with van der Waals surface area (Å²) in [6.07, 6.45) is 6.06. The average molecular weight is 164 g/mol. The van der Waals surface area contributed by atoms with Gasteiger partial charge in [0.2, 0.25) is 0 Å². The largest absolute Gasteiger partial charge is 0.512 e. The van der Waals surface area contributed by atoms with E-state index in [1.165, 1.54) is 5.57 Å². The Hall–Kier alpha value is -0.980. The predicted molar refractivity (Wildman–Crippen MR) is 52.0 cm³/mol. The molecular formula is C11H16O. The molecule has 12 heavy (non-hydrogen) atoms. The lowest BCUT2D eigenvalue weighted by molar-refractivity contribution is 0.411. The summed E-state index contributed by atoms with van der Waals surface area (Å²) in [6.45, 7) is 8.21. The smallest absolute Gasteiger partial charge is 0.0963 e. The third-order valence-electron chi connectivity index (χ3n) is 2.04. The molecule has 1 aliphatic rings. The van der Waals surface area contributed by atoms with Gasteiger partial charge in [-0.2, -0.15) is 0 Å². The van der Waals surface area contributed by atoms with Gasteiger partial charge in [0.05, 0.1) is 5.76 Å². The zero-order chi connectivity index (χ0) is 9.35. The number of aliphatic hydroxyl groups is 1. The Bertz CT molecular complexity index is 268. The molecule has 66 valence electrons. The molecule has 0 spiro atoms. The number of hydrogen-bond acceptors (Lipinski definition) is 1. The van der Waals surface area contributed by atoms with Crippen LogP contribution in [0.25, 0.3) is 0 Å². The molecule has 0 aromatic carbocycles. The van der Waals surface area contributed by atoms with Gasteiger partial charge in [-0.3, -0.25) is 0 Å². The third-order valence-corrected chi connectivity index (χ3v) is 2.04. The molecule has 0 aromatic rings. The van der Waals surface area contributed by atoms with Gasteiger partial charge in [-0.05, 0) is 24.0 Å². The lowest BCUT2D eigenvalue weighted by atomic mass is 9.87. The highest BCUT2D eigenvalue weighted by molar-refractivity contribution is 5.48. The van der Waals surface area contributed by atoms with E-state index in [2.05, 4.69) is 26.8 Å². The van der Waals surface area contributed by atoms with E-state index in [1.54, 1.807) is 6.92 Å². The van der Waals surface area contributed by atoms with E-state index >= 15 is 0 Å². The van der Waals surface area contributed by atoms with Gasteiger partial charge in [-0.1, -0.05) is 32.9 Å². The van der Waals surface area contributed by atoms with Crippen molar-refractivity contribution in [3.8, 4) is 0 Å².